The van der Waals surface area contributed by atoms with E-state index in [9.17, 15) is 0 Å². The molecule has 0 radical (unpaired) electrons. The molecule has 0 fully saturated rings. The van der Waals surface area contributed by atoms with E-state index in [-0.39, 0.29) is 0 Å². The van der Waals surface area contributed by atoms with Crippen LogP contribution in [0, 0.1) is 6.92 Å². The molecule has 0 atom stereocenters. The molecule has 0 aliphatic rings. The van der Waals surface area contributed by atoms with Crippen LogP contribution < -0.4 is 5.43 Å². The fourth-order valence-electron chi connectivity index (χ4n) is 3.03. The average Bonchev–Trinajstić information content (AvgIpc) is 2.73. The van der Waals surface area contributed by atoms with Crippen molar-refractivity contribution in [1.29, 1.82) is 0 Å². The summed E-state index contributed by atoms with van der Waals surface area (Å²) in [5.74, 6) is 0.689. The Morgan fingerprint density at radius 2 is 1.46 bits per heavy atom. The van der Waals surface area contributed by atoms with Crippen LogP contribution in [0.15, 0.2) is 84.0 Å². The van der Waals surface area contributed by atoms with Crippen LogP contribution in [-0.2, 0) is 6.42 Å². The van der Waals surface area contributed by atoms with Gasteiger partial charge in [-0.15, -0.1) is 0 Å². The number of hydrazone groups is 1. The van der Waals surface area contributed by atoms with Gasteiger partial charge in [0.2, 0.25) is 0 Å². The van der Waals surface area contributed by atoms with Gasteiger partial charge in [-0.1, -0.05) is 72.3 Å². The van der Waals surface area contributed by atoms with E-state index in [0.29, 0.717) is 12.2 Å². The predicted octanol–water partition coefficient (Wildman–Crippen LogP) is 5.37. The van der Waals surface area contributed by atoms with Crippen LogP contribution in [0.25, 0.3) is 11.0 Å². The van der Waals surface area contributed by atoms with Crippen molar-refractivity contribution in [3.8, 4) is 0 Å². The van der Waals surface area contributed by atoms with E-state index in [1.165, 1.54) is 11.1 Å². The van der Waals surface area contributed by atoms with Crippen LogP contribution in [-0.4, -0.2) is 15.7 Å². The zero-order valence-corrected chi connectivity index (χ0v) is 16.1. The number of nitrogens with zero attached hydrogens (tertiary/aromatic N) is 3. The Morgan fingerprint density at radius 3 is 2.18 bits per heavy atom. The van der Waals surface area contributed by atoms with Crippen molar-refractivity contribution in [3.05, 3.63) is 101 Å². The van der Waals surface area contributed by atoms with Gasteiger partial charge in [0, 0.05) is 6.42 Å². The molecule has 0 bridgehead atoms. The van der Waals surface area contributed by atoms with Crippen LogP contribution in [0.4, 0.5) is 5.82 Å². The minimum Gasteiger partial charge on any atom is -0.260 e. The summed E-state index contributed by atoms with van der Waals surface area (Å²) in [5, 5.41) is 4.57. The van der Waals surface area contributed by atoms with Crippen molar-refractivity contribution in [2.75, 3.05) is 5.43 Å². The van der Waals surface area contributed by atoms with E-state index in [0.717, 1.165) is 28.0 Å². The van der Waals surface area contributed by atoms with Crippen LogP contribution in [0.5, 0.6) is 0 Å². The standard InChI is InChI=1S/C24H22N4/c1-17-12-14-20(15-13-17)18(2)27-28-24-23(16-19-8-4-3-5-9-19)25-21-10-6-7-11-22(21)26-24/h3-15H,16H2,1-2H3,(H,26,28)/b27-18-. The van der Waals surface area contributed by atoms with Crippen molar-refractivity contribution >= 4 is 22.6 Å². The number of fused-ring (bicyclic) bond motifs is 1. The second kappa shape index (κ2) is 8.01. The number of hydrogen-bond donors (Lipinski definition) is 1. The maximum atomic E-state index is 4.84. The van der Waals surface area contributed by atoms with Gasteiger partial charge < -0.3 is 0 Å². The lowest BCUT2D eigenvalue weighted by Gasteiger charge is -2.10. The summed E-state index contributed by atoms with van der Waals surface area (Å²) in [5.41, 5.74) is 10.2. The highest BCUT2D eigenvalue weighted by atomic mass is 15.3. The van der Waals surface area contributed by atoms with E-state index >= 15 is 0 Å². The minimum absolute atomic E-state index is 0.689. The van der Waals surface area contributed by atoms with Gasteiger partial charge in [-0.3, -0.25) is 5.43 Å². The lowest BCUT2D eigenvalue weighted by molar-refractivity contribution is 1.05. The lowest BCUT2D eigenvalue weighted by atomic mass is 10.1. The summed E-state index contributed by atoms with van der Waals surface area (Å²) in [6, 6.07) is 26.5. The summed E-state index contributed by atoms with van der Waals surface area (Å²) in [7, 11) is 0. The summed E-state index contributed by atoms with van der Waals surface area (Å²) in [6.07, 6.45) is 0.695. The lowest BCUT2D eigenvalue weighted by Crippen LogP contribution is -2.06. The molecule has 1 aromatic heterocycles. The van der Waals surface area contributed by atoms with Gasteiger partial charge in [0.25, 0.3) is 0 Å². The second-order valence-electron chi connectivity index (χ2n) is 6.85. The van der Waals surface area contributed by atoms with Gasteiger partial charge in [-0.25, -0.2) is 9.97 Å². The van der Waals surface area contributed by atoms with Crippen molar-refractivity contribution in [1.82, 2.24) is 9.97 Å². The molecule has 4 nitrogen and oxygen atoms in total. The molecule has 0 aliphatic carbocycles. The number of benzene rings is 3. The summed E-state index contributed by atoms with van der Waals surface area (Å²) in [6.45, 7) is 4.07. The number of aryl methyl sites for hydroxylation is 1. The largest absolute Gasteiger partial charge is 0.260 e. The number of hydrogen-bond acceptors (Lipinski definition) is 4. The van der Waals surface area contributed by atoms with E-state index in [2.05, 4.69) is 53.8 Å². The number of para-hydroxylation sites is 2. The molecule has 138 valence electrons. The molecule has 28 heavy (non-hydrogen) atoms. The smallest absolute Gasteiger partial charge is 0.169 e. The van der Waals surface area contributed by atoms with E-state index in [1.54, 1.807) is 0 Å². The van der Waals surface area contributed by atoms with Gasteiger partial charge in [0.05, 0.1) is 22.4 Å². The Morgan fingerprint density at radius 1 is 0.821 bits per heavy atom. The first-order valence-electron chi connectivity index (χ1n) is 9.36. The zero-order chi connectivity index (χ0) is 19.3. The molecule has 0 unspecified atom stereocenters. The molecular formula is C24H22N4. The first-order valence-corrected chi connectivity index (χ1v) is 9.36. The van der Waals surface area contributed by atoms with Gasteiger partial charge in [-0.05, 0) is 37.1 Å². The fraction of sp³-hybridized carbons (Fsp3) is 0.125. The first-order chi connectivity index (χ1) is 13.7. The summed E-state index contributed by atoms with van der Waals surface area (Å²) in [4.78, 5) is 9.61. The quantitative estimate of drug-likeness (QED) is 0.382. The normalized spacial score (nSPS) is 11.6. The molecule has 0 saturated heterocycles. The molecule has 0 aliphatic heterocycles. The Bertz CT molecular complexity index is 1120. The van der Waals surface area contributed by atoms with E-state index in [1.807, 2.05) is 49.4 Å². The molecular weight excluding hydrogens is 344 g/mol. The number of nitrogens with one attached hydrogen (secondary N) is 1. The van der Waals surface area contributed by atoms with Gasteiger partial charge in [0.1, 0.15) is 0 Å². The fourth-order valence-corrected chi connectivity index (χ4v) is 3.03. The Labute approximate surface area is 165 Å². The summed E-state index contributed by atoms with van der Waals surface area (Å²) >= 11 is 0. The highest BCUT2D eigenvalue weighted by Gasteiger charge is 2.10. The number of aromatic nitrogens is 2. The summed E-state index contributed by atoms with van der Waals surface area (Å²) < 4.78 is 0. The predicted molar refractivity (Wildman–Crippen MR) is 116 cm³/mol. The molecule has 1 heterocycles. The van der Waals surface area contributed by atoms with Crippen molar-refractivity contribution in [3.63, 3.8) is 0 Å². The Balaban J connectivity index is 1.68. The maximum absolute atomic E-state index is 4.84. The van der Waals surface area contributed by atoms with Gasteiger partial charge >= 0.3 is 0 Å². The Hall–Kier alpha value is -3.53. The maximum Gasteiger partial charge on any atom is 0.169 e. The molecule has 0 saturated carbocycles. The molecule has 3 aromatic carbocycles. The second-order valence-corrected chi connectivity index (χ2v) is 6.85. The third-order valence-corrected chi connectivity index (χ3v) is 4.66. The minimum atomic E-state index is 0.689. The highest BCUT2D eigenvalue weighted by Crippen LogP contribution is 2.20. The molecule has 4 heteroatoms. The number of anilines is 1. The third-order valence-electron chi connectivity index (χ3n) is 4.66. The molecule has 4 aromatic rings. The molecule has 1 N–H and O–H groups in total. The number of rotatable bonds is 5. The van der Waals surface area contributed by atoms with Crippen molar-refractivity contribution in [2.45, 2.75) is 20.3 Å². The van der Waals surface area contributed by atoms with Crippen LogP contribution in [0.1, 0.15) is 29.3 Å². The third kappa shape index (κ3) is 4.07. The van der Waals surface area contributed by atoms with Crippen molar-refractivity contribution in [2.24, 2.45) is 5.10 Å². The highest BCUT2D eigenvalue weighted by molar-refractivity contribution is 5.99. The van der Waals surface area contributed by atoms with E-state index < -0.39 is 0 Å². The van der Waals surface area contributed by atoms with Crippen LogP contribution in [0.2, 0.25) is 0 Å². The monoisotopic (exact) mass is 366 g/mol. The molecule has 0 amide bonds. The van der Waals surface area contributed by atoms with E-state index in [4.69, 9.17) is 9.97 Å². The van der Waals surface area contributed by atoms with Crippen LogP contribution >= 0.6 is 0 Å². The average molecular weight is 366 g/mol. The van der Waals surface area contributed by atoms with Gasteiger partial charge in [0.15, 0.2) is 5.82 Å². The Kier molecular flexibility index (Phi) is 5.11. The molecule has 0 spiro atoms. The molecule has 4 rings (SSSR count). The van der Waals surface area contributed by atoms with Gasteiger partial charge in [-0.2, -0.15) is 5.10 Å². The zero-order valence-electron chi connectivity index (χ0n) is 16.1. The SMILES string of the molecule is C/C(=N/Nc1nc2ccccc2nc1Cc1ccccc1)c1ccc(C)cc1. The van der Waals surface area contributed by atoms with Crippen molar-refractivity contribution < 1.29 is 0 Å². The topological polar surface area (TPSA) is 50.2 Å². The van der Waals surface area contributed by atoms with Crippen LogP contribution in [0.3, 0.4) is 0 Å². The first kappa shape index (κ1) is 17.9.